The van der Waals surface area contributed by atoms with Crippen LogP contribution in [0, 0.1) is 6.92 Å². The van der Waals surface area contributed by atoms with Crippen LogP contribution in [-0.4, -0.2) is 43.5 Å². The first-order valence-electron chi connectivity index (χ1n) is 9.74. The van der Waals surface area contributed by atoms with Crippen molar-refractivity contribution in [1.29, 1.82) is 0 Å². The molecule has 0 fully saturated rings. The van der Waals surface area contributed by atoms with Crippen LogP contribution in [0.3, 0.4) is 0 Å². The van der Waals surface area contributed by atoms with E-state index >= 15 is 0 Å². The van der Waals surface area contributed by atoms with Crippen LogP contribution in [0.25, 0.3) is 11.5 Å². The van der Waals surface area contributed by atoms with E-state index in [0.717, 1.165) is 23.8 Å². The lowest BCUT2D eigenvalue weighted by Crippen LogP contribution is -2.41. The van der Waals surface area contributed by atoms with Crippen LogP contribution in [0.5, 0.6) is 0 Å². The number of guanidine groups is 1. The molecule has 0 amide bonds. The summed E-state index contributed by atoms with van der Waals surface area (Å²) < 4.78 is 5.63. The van der Waals surface area contributed by atoms with E-state index in [1.165, 1.54) is 11.1 Å². The number of rotatable bonds is 7. The molecule has 6 heteroatoms. The van der Waals surface area contributed by atoms with Gasteiger partial charge >= 0.3 is 0 Å². The largest absolute Gasteiger partial charge is 0.444 e. The molecule has 0 aliphatic rings. The second-order valence-corrected chi connectivity index (χ2v) is 7.21. The molecule has 1 unspecified atom stereocenters. The molecule has 3 aromatic rings. The van der Waals surface area contributed by atoms with Crippen molar-refractivity contribution in [3.05, 3.63) is 77.7 Å². The van der Waals surface area contributed by atoms with Crippen molar-refractivity contribution in [2.24, 2.45) is 4.99 Å². The monoisotopic (exact) mass is 391 g/mol. The number of aromatic nitrogens is 1. The molecule has 29 heavy (non-hydrogen) atoms. The predicted octanol–water partition coefficient (Wildman–Crippen LogP) is 3.62. The number of hydrogen-bond acceptors (Lipinski definition) is 4. The van der Waals surface area contributed by atoms with Crippen molar-refractivity contribution >= 4 is 5.96 Å². The Bertz CT molecular complexity index is 916. The van der Waals surface area contributed by atoms with Crippen LogP contribution in [0.15, 0.2) is 70.3 Å². The zero-order chi connectivity index (χ0) is 20.6. The van der Waals surface area contributed by atoms with Gasteiger partial charge in [-0.2, -0.15) is 0 Å². The lowest BCUT2D eigenvalue weighted by atomic mass is 10.1. The fourth-order valence-corrected chi connectivity index (χ4v) is 3.08. The van der Waals surface area contributed by atoms with Gasteiger partial charge in [-0.25, -0.2) is 4.98 Å². The van der Waals surface area contributed by atoms with Crippen molar-refractivity contribution in [3.8, 4) is 11.5 Å². The van der Waals surface area contributed by atoms with Crippen molar-refractivity contribution in [2.45, 2.75) is 19.5 Å². The summed E-state index contributed by atoms with van der Waals surface area (Å²) in [6.07, 6.45) is 1.68. The Morgan fingerprint density at radius 2 is 1.79 bits per heavy atom. The maximum Gasteiger partial charge on any atom is 0.226 e. The second kappa shape index (κ2) is 9.89. The van der Waals surface area contributed by atoms with E-state index in [9.17, 15) is 0 Å². The average molecular weight is 392 g/mol. The van der Waals surface area contributed by atoms with E-state index in [2.05, 4.69) is 82.9 Å². The average Bonchev–Trinajstić information content (AvgIpc) is 3.20. The second-order valence-electron chi connectivity index (χ2n) is 7.21. The summed E-state index contributed by atoms with van der Waals surface area (Å²) >= 11 is 0. The van der Waals surface area contributed by atoms with Crippen LogP contribution >= 0.6 is 0 Å². The molecular weight excluding hydrogens is 362 g/mol. The summed E-state index contributed by atoms with van der Waals surface area (Å²) in [4.78, 5) is 11.1. The minimum atomic E-state index is 0.245. The Balaban J connectivity index is 1.56. The third-order valence-electron chi connectivity index (χ3n) is 4.78. The summed E-state index contributed by atoms with van der Waals surface area (Å²) in [5, 5.41) is 6.71. The molecule has 1 heterocycles. The topological polar surface area (TPSA) is 65.7 Å². The van der Waals surface area contributed by atoms with Gasteiger partial charge in [0.05, 0.1) is 18.3 Å². The number of nitrogens with one attached hydrogen (secondary N) is 2. The highest BCUT2D eigenvalue weighted by Crippen LogP contribution is 2.19. The molecule has 2 N–H and O–H groups in total. The van der Waals surface area contributed by atoms with E-state index < -0.39 is 0 Å². The van der Waals surface area contributed by atoms with Gasteiger partial charge in [0, 0.05) is 19.2 Å². The summed E-state index contributed by atoms with van der Waals surface area (Å²) in [5.74, 6) is 1.36. The van der Waals surface area contributed by atoms with E-state index in [1.54, 1.807) is 13.3 Å². The quantitative estimate of drug-likeness (QED) is 0.476. The van der Waals surface area contributed by atoms with Crippen molar-refractivity contribution < 1.29 is 4.42 Å². The van der Waals surface area contributed by atoms with Gasteiger partial charge in [-0.05, 0) is 38.7 Å². The predicted molar refractivity (Wildman–Crippen MR) is 118 cm³/mol. The first-order valence-corrected chi connectivity index (χ1v) is 9.74. The molecule has 0 saturated heterocycles. The number of likely N-dealkylation sites (N-methyl/N-ethyl adjacent to an activating group) is 1. The molecule has 0 spiro atoms. The molecule has 152 valence electrons. The maximum absolute atomic E-state index is 5.63. The fraction of sp³-hybridized carbons (Fsp3) is 0.304. The minimum absolute atomic E-state index is 0.245. The Morgan fingerprint density at radius 1 is 1.07 bits per heavy atom. The van der Waals surface area contributed by atoms with E-state index in [1.807, 2.05) is 18.2 Å². The summed E-state index contributed by atoms with van der Waals surface area (Å²) in [6.45, 7) is 3.34. The zero-order valence-corrected chi connectivity index (χ0v) is 17.5. The van der Waals surface area contributed by atoms with Gasteiger partial charge in [-0.3, -0.25) is 4.99 Å². The van der Waals surface area contributed by atoms with E-state index in [4.69, 9.17) is 4.42 Å². The van der Waals surface area contributed by atoms with E-state index in [-0.39, 0.29) is 6.04 Å². The maximum atomic E-state index is 5.63. The van der Waals surface area contributed by atoms with Crippen LogP contribution in [-0.2, 0) is 6.54 Å². The van der Waals surface area contributed by atoms with Crippen molar-refractivity contribution in [3.63, 3.8) is 0 Å². The SMILES string of the molecule is CN=C(NCc1coc(-c2ccc(C)cc2)n1)NCC(c1ccccc1)N(C)C. The lowest BCUT2D eigenvalue weighted by molar-refractivity contribution is 0.298. The Hall–Kier alpha value is -3.12. The first-order chi connectivity index (χ1) is 14.1. The minimum Gasteiger partial charge on any atom is -0.444 e. The first kappa shape index (κ1) is 20.6. The zero-order valence-electron chi connectivity index (χ0n) is 17.5. The summed E-state index contributed by atoms with van der Waals surface area (Å²) in [7, 11) is 5.93. The van der Waals surface area contributed by atoms with Gasteiger partial charge in [-0.15, -0.1) is 0 Å². The molecule has 1 atom stereocenters. The van der Waals surface area contributed by atoms with E-state index in [0.29, 0.717) is 12.4 Å². The van der Waals surface area contributed by atoms with Crippen LogP contribution in [0.2, 0.25) is 0 Å². The van der Waals surface area contributed by atoms with Crippen molar-refractivity contribution in [2.75, 3.05) is 27.7 Å². The number of oxazole rings is 1. The van der Waals surface area contributed by atoms with Crippen molar-refractivity contribution in [1.82, 2.24) is 20.5 Å². The molecule has 2 aromatic carbocycles. The number of aliphatic imine (C=N–C) groups is 1. The van der Waals surface area contributed by atoms with Gasteiger partial charge in [0.2, 0.25) is 5.89 Å². The van der Waals surface area contributed by atoms with Crippen LogP contribution < -0.4 is 10.6 Å². The Morgan fingerprint density at radius 3 is 2.45 bits per heavy atom. The number of hydrogen-bond donors (Lipinski definition) is 2. The fourth-order valence-electron chi connectivity index (χ4n) is 3.08. The molecule has 0 radical (unpaired) electrons. The van der Waals surface area contributed by atoms with Crippen LogP contribution in [0.1, 0.15) is 22.9 Å². The van der Waals surface area contributed by atoms with Crippen LogP contribution in [0.4, 0.5) is 0 Å². The van der Waals surface area contributed by atoms with Gasteiger partial charge in [0.1, 0.15) is 6.26 Å². The number of benzene rings is 2. The Labute approximate surface area is 172 Å². The molecule has 6 nitrogen and oxygen atoms in total. The molecule has 0 bridgehead atoms. The Kier molecular flexibility index (Phi) is 7.03. The van der Waals surface area contributed by atoms with Gasteiger partial charge < -0.3 is 20.0 Å². The third kappa shape index (κ3) is 5.68. The van der Waals surface area contributed by atoms with Gasteiger partial charge in [-0.1, -0.05) is 48.0 Å². The highest BCUT2D eigenvalue weighted by Gasteiger charge is 2.14. The van der Waals surface area contributed by atoms with Gasteiger partial charge in [0.25, 0.3) is 0 Å². The lowest BCUT2D eigenvalue weighted by Gasteiger charge is -2.26. The standard InChI is InChI=1S/C23H29N5O/c1-17-10-12-19(13-11-17)22-27-20(16-29-22)14-25-23(24-2)26-15-21(28(3)4)18-8-6-5-7-9-18/h5-13,16,21H,14-15H2,1-4H3,(H2,24,25,26). The molecule has 0 saturated carbocycles. The molecule has 1 aromatic heterocycles. The number of nitrogens with zero attached hydrogens (tertiary/aromatic N) is 3. The third-order valence-corrected chi connectivity index (χ3v) is 4.78. The molecular formula is C23H29N5O. The molecule has 3 rings (SSSR count). The molecule has 0 aliphatic heterocycles. The molecule has 0 aliphatic carbocycles. The highest BCUT2D eigenvalue weighted by molar-refractivity contribution is 5.79. The summed E-state index contributed by atoms with van der Waals surface area (Å²) in [5.41, 5.74) is 4.28. The summed E-state index contributed by atoms with van der Waals surface area (Å²) in [6, 6.07) is 18.8. The smallest absolute Gasteiger partial charge is 0.226 e. The number of aryl methyl sites for hydroxylation is 1. The highest BCUT2D eigenvalue weighted by atomic mass is 16.3. The van der Waals surface area contributed by atoms with Gasteiger partial charge in [0.15, 0.2) is 5.96 Å². The normalized spacial score (nSPS) is 12.8.